The first kappa shape index (κ1) is 63.1. The highest BCUT2D eigenvalue weighted by molar-refractivity contribution is 4.76. The third-order valence-corrected chi connectivity index (χ3v) is 11.9. The molecule has 0 bridgehead atoms. The van der Waals surface area contributed by atoms with Crippen LogP contribution in [-0.2, 0) is 0 Å². The van der Waals surface area contributed by atoms with Crippen LogP contribution in [0.15, 0.2) is 0 Å². The van der Waals surface area contributed by atoms with Gasteiger partial charge in [-0.2, -0.15) is 0 Å². The van der Waals surface area contributed by atoms with Gasteiger partial charge in [-0.25, -0.2) is 0 Å². The van der Waals surface area contributed by atoms with Gasteiger partial charge in [0.05, 0.1) is 0 Å². The number of rotatable bonds is 51. The Kier molecular flexibility index (Phi) is 45.2. The molecule has 0 aromatic heterocycles. The van der Waals surface area contributed by atoms with E-state index in [1.807, 2.05) is 0 Å². The molecular weight excluding hydrogens is 813 g/mol. The third-order valence-electron chi connectivity index (χ3n) is 11.9. The van der Waals surface area contributed by atoms with Crippen LogP contribution in [0.1, 0.15) is 0 Å². The van der Waals surface area contributed by atoms with Crippen LogP contribution >= 0.6 is 0 Å². The highest BCUT2D eigenvalue weighted by Gasteiger charge is 2.18. The average molecular weight is 921 g/mol. The molecule has 0 spiro atoms. The molecule has 22 heteroatoms. The molecular formula is C42H108N22. The van der Waals surface area contributed by atoms with Crippen molar-refractivity contribution in [3.05, 3.63) is 0 Å². The van der Waals surface area contributed by atoms with Crippen LogP contribution in [0.4, 0.5) is 0 Å². The predicted octanol–water partition coefficient (Wildman–Crippen LogP) is -8.49. The lowest BCUT2D eigenvalue weighted by Crippen LogP contribution is -2.49. The molecule has 0 heterocycles. The van der Waals surface area contributed by atoms with Crippen molar-refractivity contribution in [2.45, 2.75) is 0 Å². The predicted molar refractivity (Wildman–Crippen MR) is 273 cm³/mol. The van der Waals surface area contributed by atoms with Crippen LogP contribution in [0, 0.1) is 0 Å². The summed E-state index contributed by atoms with van der Waals surface area (Å²) in [4.78, 5) is 24.7. The Balaban J connectivity index is 6.43. The molecule has 0 atom stereocenters. The quantitative estimate of drug-likeness (QED) is 0.0270. The van der Waals surface area contributed by atoms with Gasteiger partial charge >= 0.3 is 0 Å². The molecule has 24 N–H and O–H groups in total. The van der Waals surface area contributed by atoms with E-state index >= 15 is 0 Å². The minimum Gasteiger partial charge on any atom is -0.329 e. The second kappa shape index (κ2) is 45.9. The fourth-order valence-corrected chi connectivity index (χ4v) is 8.09. The Hall–Kier alpha value is -0.880. The zero-order valence-electron chi connectivity index (χ0n) is 41.1. The molecule has 0 radical (unpaired) electrons. The van der Waals surface area contributed by atoms with E-state index in [1.54, 1.807) is 0 Å². The van der Waals surface area contributed by atoms with Crippen LogP contribution in [-0.4, -0.2) is 324 Å². The second-order valence-corrected chi connectivity index (χ2v) is 16.9. The summed E-state index contributed by atoms with van der Waals surface area (Å²) in [6, 6.07) is 0. The number of hydrogen-bond acceptors (Lipinski definition) is 22. The minimum absolute atomic E-state index is 0.610. The average Bonchev–Trinajstić information content (AvgIpc) is 3.28. The van der Waals surface area contributed by atoms with Crippen molar-refractivity contribution < 1.29 is 0 Å². The molecule has 0 rings (SSSR count). The lowest BCUT2D eigenvalue weighted by atomic mass is 10.3. The molecule has 0 aromatic rings. The van der Waals surface area contributed by atoms with Crippen molar-refractivity contribution in [1.82, 2.24) is 49.0 Å². The van der Waals surface area contributed by atoms with E-state index in [4.69, 9.17) is 68.8 Å². The van der Waals surface area contributed by atoms with E-state index in [-0.39, 0.29) is 0 Å². The van der Waals surface area contributed by atoms with Gasteiger partial charge in [0.15, 0.2) is 0 Å². The summed E-state index contributed by atoms with van der Waals surface area (Å²) < 4.78 is 0. The van der Waals surface area contributed by atoms with Crippen molar-refractivity contribution in [1.29, 1.82) is 0 Å². The van der Waals surface area contributed by atoms with Crippen LogP contribution in [0.2, 0.25) is 0 Å². The van der Waals surface area contributed by atoms with E-state index in [2.05, 4.69) is 49.0 Å². The molecule has 64 heavy (non-hydrogen) atoms. The van der Waals surface area contributed by atoms with E-state index in [0.717, 1.165) is 196 Å². The van der Waals surface area contributed by atoms with Crippen LogP contribution in [0.25, 0.3) is 0 Å². The van der Waals surface area contributed by atoms with Gasteiger partial charge in [0.2, 0.25) is 0 Å². The van der Waals surface area contributed by atoms with Crippen molar-refractivity contribution in [3.8, 4) is 0 Å². The molecule has 0 unspecified atom stereocenters. The number of nitrogens with two attached hydrogens (primary N) is 12. The first-order valence-corrected chi connectivity index (χ1v) is 24.9. The molecule has 0 saturated heterocycles. The summed E-state index contributed by atoms with van der Waals surface area (Å²) in [5.41, 5.74) is 72.3. The van der Waals surface area contributed by atoms with Gasteiger partial charge in [0.1, 0.15) is 0 Å². The van der Waals surface area contributed by atoms with E-state index in [9.17, 15) is 0 Å². The zero-order valence-corrected chi connectivity index (χ0v) is 41.1. The Morgan fingerprint density at radius 1 is 0.109 bits per heavy atom. The van der Waals surface area contributed by atoms with Gasteiger partial charge in [-0.05, 0) is 0 Å². The molecule has 22 nitrogen and oxygen atoms in total. The monoisotopic (exact) mass is 921 g/mol. The van der Waals surface area contributed by atoms with Crippen LogP contribution in [0.5, 0.6) is 0 Å². The number of hydrogen-bond donors (Lipinski definition) is 12. The Labute approximate surface area is 391 Å². The van der Waals surface area contributed by atoms with Crippen molar-refractivity contribution in [2.24, 2.45) is 68.8 Å². The lowest BCUT2D eigenvalue weighted by molar-refractivity contribution is 0.127. The SMILES string of the molecule is NCCN(CCN)CCN(CCN)CCN(CCN(CCN)CCN(CCN)CCN)CCN(CCN(CCN)CCN(CCN)CCN)CCN(CCN)CCN(CCN)CCN. The summed E-state index contributed by atoms with van der Waals surface area (Å²) in [5, 5.41) is 0. The number of nitrogens with zero attached hydrogens (tertiary/aromatic N) is 10. The summed E-state index contributed by atoms with van der Waals surface area (Å²) in [6.07, 6.45) is 0. The molecule has 0 aromatic carbocycles. The molecule has 0 aliphatic rings. The third kappa shape index (κ3) is 34.4. The van der Waals surface area contributed by atoms with Gasteiger partial charge < -0.3 is 68.8 Å². The fraction of sp³-hybridized carbons (Fsp3) is 1.00. The van der Waals surface area contributed by atoms with E-state index < -0.39 is 0 Å². The van der Waals surface area contributed by atoms with Gasteiger partial charge in [-0.1, -0.05) is 0 Å². The summed E-state index contributed by atoms with van der Waals surface area (Å²) in [7, 11) is 0. The highest BCUT2D eigenvalue weighted by Crippen LogP contribution is 2.03. The Morgan fingerprint density at radius 2 is 0.172 bits per heavy atom. The Bertz CT molecular complexity index is 784. The van der Waals surface area contributed by atoms with Crippen molar-refractivity contribution in [3.63, 3.8) is 0 Å². The second-order valence-electron chi connectivity index (χ2n) is 16.9. The van der Waals surface area contributed by atoms with Crippen molar-refractivity contribution in [2.75, 3.05) is 275 Å². The largest absolute Gasteiger partial charge is 0.329 e. The highest BCUT2D eigenvalue weighted by atomic mass is 15.3. The molecule has 0 saturated carbocycles. The minimum atomic E-state index is 0.610. The summed E-state index contributed by atoms with van der Waals surface area (Å²) >= 11 is 0. The molecule has 0 amide bonds. The van der Waals surface area contributed by atoms with Gasteiger partial charge in [0.25, 0.3) is 0 Å². The molecule has 0 fully saturated rings. The smallest absolute Gasteiger partial charge is 0.0110 e. The summed E-state index contributed by atoms with van der Waals surface area (Å²) in [6.45, 7) is 34.1. The summed E-state index contributed by atoms with van der Waals surface area (Å²) in [5.74, 6) is 0. The topological polar surface area (TPSA) is 345 Å². The lowest BCUT2D eigenvalue weighted by Gasteiger charge is -2.35. The van der Waals surface area contributed by atoms with E-state index in [0.29, 0.717) is 78.5 Å². The zero-order chi connectivity index (χ0) is 47.5. The van der Waals surface area contributed by atoms with E-state index in [1.165, 1.54) is 0 Å². The fourth-order valence-electron chi connectivity index (χ4n) is 8.09. The van der Waals surface area contributed by atoms with Crippen molar-refractivity contribution >= 4 is 0 Å². The first-order valence-electron chi connectivity index (χ1n) is 24.9. The molecule has 386 valence electrons. The maximum absolute atomic E-state index is 6.18. The molecule has 0 aliphatic heterocycles. The maximum atomic E-state index is 6.18. The Morgan fingerprint density at radius 3 is 0.250 bits per heavy atom. The normalized spacial score (nSPS) is 12.7. The van der Waals surface area contributed by atoms with Crippen LogP contribution < -0.4 is 68.8 Å². The first-order chi connectivity index (χ1) is 31.2. The van der Waals surface area contributed by atoms with Crippen LogP contribution in [0.3, 0.4) is 0 Å². The standard InChI is InChI=1S/C42H108N22/c43-1-13-55(14-2-44)25-29-59(21-9-51)33-37-63(38-34-60(22-10-52)30-26-56(15-3-45)16-4-46)41-42-64(39-35-61(23-11-53)31-27-57(17-5-47)18-6-48)40-36-62(24-12-54)32-28-58(19-7-49)20-8-50/h1-54H2. The van der Waals surface area contributed by atoms with Gasteiger partial charge in [-0.15, -0.1) is 0 Å². The van der Waals surface area contributed by atoms with Gasteiger partial charge in [-0.3, -0.25) is 49.0 Å². The maximum Gasteiger partial charge on any atom is 0.0110 e. The van der Waals surface area contributed by atoms with Gasteiger partial charge in [0, 0.05) is 275 Å². The molecule has 0 aliphatic carbocycles.